The number of hydrogen-bond donors (Lipinski definition) is 5. The number of carboxylic acid groups (broad SMARTS) is 1. The zero-order valence-electron chi connectivity index (χ0n) is 20.2. The quantitative estimate of drug-likeness (QED) is 0.183. The van der Waals surface area contributed by atoms with Crippen LogP contribution in [0.25, 0.3) is 0 Å². The molecule has 2 amide bonds. The molecule has 186 valence electrons. The van der Waals surface area contributed by atoms with Gasteiger partial charge >= 0.3 is 12.1 Å². The van der Waals surface area contributed by atoms with Crippen LogP contribution in [0.15, 0.2) is 11.2 Å². The van der Waals surface area contributed by atoms with Gasteiger partial charge in [0, 0.05) is 19.8 Å². The number of ether oxygens (including phenoxy) is 1. The molecule has 12 nitrogen and oxygen atoms in total. The van der Waals surface area contributed by atoms with Crippen LogP contribution in [0, 0.1) is 5.92 Å². The first-order chi connectivity index (χ1) is 15.2. The molecule has 0 aliphatic rings. The number of imidazole rings is 1. The third-order valence-corrected chi connectivity index (χ3v) is 4.40. The summed E-state index contributed by atoms with van der Waals surface area (Å²) in [6, 6.07) is -1.62. The molecule has 0 saturated heterocycles. The minimum absolute atomic E-state index is 0.0442. The van der Waals surface area contributed by atoms with Crippen molar-refractivity contribution in [3.8, 4) is 0 Å². The third-order valence-electron chi connectivity index (χ3n) is 4.40. The maximum Gasteiger partial charge on any atom is 0.408 e. The van der Waals surface area contributed by atoms with Gasteiger partial charge in [0.15, 0.2) is 5.96 Å². The van der Waals surface area contributed by atoms with Crippen molar-refractivity contribution in [1.29, 1.82) is 0 Å². The molecule has 0 radical (unpaired) electrons. The molecule has 1 rings (SSSR count). The molecule has 0 bridgehead atoms. The lowest BCUT2D eigenvalue weighted by Gasteiger charge is -2.24. The predicted molar refractivity (Wildman–Crippen MR) is 124 cm³/mol. The highest BCUT2D eigenvalue weighted by atomic mass is 16.6. The molecule has 0 spiro atoms. The van der Waals surface area contributed by atoms with Crippen LogP contribution in [0.4, 0.5) is 4.79 Å². The number of nitrogens with zero attached hydrogens (tertiary/aromatic N) is 3. The number of aliphatic imine (C=N–C) groups is 1. The third kappa shape index (κ3) is 10.2. The number of carboxylic acids is 1. The Morgan fingerprint density at radius 2 is 1.88 bits per heavy atom. The second-order valence-corrected chi connectivity index (χ2v) is 9.24. The van der Waals surface area contributed by atoms with Crippen LogP contribution in [0.5, 0.6) is 0 Å². The number of nitrogens with two attached hydrogens (primary N) is 2. The van der Waals surface area contributed by atoms with E-state index in [4.69, 9.17) is 16.2 Å². The van der Waals surface area contributed by atoms with Crippen LogP contribution >= 0.6 is 0 Å². The van der Waals surface area contributed by atoms with Gasteiger partial charge in [0.2, 0.25) is 0 Å². The Morgan fingerprint density at radius 3 is 2.39 bits per heavy atom. The van der Waals surface area contributed by atoms with Gasteiger partial charge in [-0.2, -0.15) is 0 Å². The number of aromatic nitrogens is 2. The summed E-state index contributed by atoms with van der Waals surface area (Å²) in [5, 5.41) is 14.7. The van der Waals surface area contributed by atoms with Crippen LogP contribution in [-0.2, 0) is 16.6 Å². The summed E-state index contributed by atoms with van der Waals surface area (Å²) in [5.74, 6) is -1.21. The van der Waals surface area contributed by atoms with Crippen LogP contribution in [-0.4, -0.2) is 56.8 Å². The molecule has 0 aromatic carbocycles. The Hall–Kier alpha value is -3.31. The fourth-order valence-corrected chi connectivity index (χ4v) is 3.06. The van der Waals surface area contributed by atoms with Gasteiger partial charge in [0.25, 0.3) is 5.91 Å². The summed E-state index contributed by atoms with van der Waals surface area (Å²) in [5.41, 5.74) is 9.89. The average Bonchev–Trinajstić information content (AvgIpc) is 3.03. The molecule has 0 unspecified atom stereocenters. The second-order valence-electron chi connectivity index (χ2n) is 9.24. The predicted octanol–water partition coefficient (Wildman–Crippen LogP) is 1.27. The number of aryl methyl sites for hydroxylation is 1. The second kappa shape index (κ2) is 12.1. The summed E-state index contributed by atoms with van der Waals surface area (Å²) in [7, 11) is 1.70. The van der Waals surface area contributed by atoms with Crippen molar-refractivity contribution in [1.82, 2.24) is 20.2 Å². The van der Waals surface area contributed by atoms with E-state index in [1.165, 1.54) is 6.20 Å². The summed E-state index contributed by atoms with van der Waals surface area (Å²) in [6.07, 6.45) is 1.99. The summed E-state index contributed by atoms with van der Waals surface area (Å²) >= 11 is 0. The molecule has 1 aromatic heterocycles. The van der Waals surface area contributed by atoms with E-state index in [1.807, 2.05) is 13.8 Å². The SMILES string of the molecule is CC(C)C[C@H](NC(=O)OC(C)(C)C)c1nc(C(=O)N[C@@H](CCCN=C(N)N)C(=O)O)cn1C. The van der Waals surface area contributed by atoms with Gasteiger partial charge in [-0.1, -0.05) is 13.8 Å². The average molecular weight is 468 g/mol. The summed E-state index contributed by atoms with van der Waals surface area (Å²) in [6.45, 7) is 9.56. The largest absolute Gasteiger partial charge is 0.480 e. The molecule has 1 aromatic rings. The Kier molecular flexibility index (Phi) is 10.1. The smallest absolute Gasteiger partial charge is 0.408 e. The number of guanidine groups is 1. The van der Waals surface area contributed by atoms with Crippen molar-refractivity contribution in [2.45, 2.75) is 71.6 Å². The number of amides is 2. The standard InChI is InChI=1S/C21H37N7O5/c1-12(2)10-14(27-20(32)33-21(3,4)5)16-25-15(11-28(16)6)17(29)26-13(18(30)31)8-7-9-24-19(22)23/h11-14H,7-10H2,1-6H3,(H,26,29)(H,27,32)(H,30,31)(H4,22,23,24)/t13-,14-/m0/s1. The molecular weight excluding hydrogens is 430 g/mol. The molecule has 2 atom stereocenters. The van der Waals surface area contributed by atoms with Gasteiger partial charge in [0.1, 0.15) is 23.2 Å². The van der Waals surface area contributed by atoms with Crippen molar-refractivity contribution in [2.24, 2.45) is 29.4 Å². The minimum atomic E-state index is -1.17. The molecule has 12 heteroatoms. The number of aliphatic carboxylic acids is 1. The summed E-state index contributed by atoms with van der Waals surface area (Å²) < 4.78 is 6.98. The lowest BCUT2D eigenvalue weighted by molar-refractivity contribution is -0.139. The van der Waals surface area contributed by atoms with Gasteiger partial charge in [-0.25, -0.2) is 14.6 Å². The molecule has 0 fully saturated rings. The molecule has 0 saturated carbocycles. The van der Waals surface area contributed by atoms with Crippen molar-refractivity contribution >= 4 is 23.9 Å². The maximum absolute atomic E-state index is 12.7. The Labute approximate surface area is 194 Å². The number of hydrogen-bond acceptors (Lipinski definition) is 6. The lowest BCUT2D eigenvalue weighted by atomic mass is 10.0. The molecule has 1 heterocycles. The Balaban J connectivity index is 2.97. The molecule has 33 heavy (non-hydrogen) atoms. The topological polar surface area (TPSA) is 187 Å². The van der Waals surface area contributed by atoms with E-state index in [0.29, 0.717) is 18.7 Å². The van der Waals surface area contributed by atoms with Crippen LogP contribution in [0.3, 0.4) is 0 Å². The molecule has 7 N–H and O–H groups in total. The highest BCUT2D eigenvalue weighted by Gasteiger charge is 2.27. The van der Waals surface area contributed by atoms with E-state index in [0.717, 1.165) is 0 Å². The summed E-state index contributed by atoms with van der Waals surface area (Å²) in [4.78, 5) is 44.7. The zero-order valence-corrected chi connectivity index (χ0v) is 20.2. The van der Waals surface area contributed by atoms with Gasteiger partial charge in [-0.3, -0.25) is 9.79 Å². The number of rotatable bonds is 11. The minimum Gasteiger partial charge on any atom is -0.480 e. The monoisotopic (exact) mass is 467 g/mol. The normalized spacial score (nSPS) is 13.2. The Morgan fingerprint density at radius 1 is 1.24 bits per heavy atom. The maximum atomic E-state index is 12.7. The van der Waals surface area contributed by atoms with E-state index in [-0.39, 0.29) is 30.5 Å². The number of alkyl carbamates (subject to hydrolysis) is 1. The number of carbonyl (C=O) groups is 3. The number of nitrogens with one attached hydrogen (secondary N) is 2. The Bertz CT molecular complexity index is 854. The van der Waals surface area contributed by atoms with E-state index in [9.17, 15) is 19.5 Å². The van der Waals surface area contributed by atoms with Gasteiger partial charge in [-0.15, -0.1) is 0 Å². The number of carbonyl (C=O) groups excluding carboxylic acids is 2. The van der Waals surface area contributed by atoms with E-state index >= 15 is 0 Å². The highest BCUT2D eigenvalue weighted by molar-refractivity contribution is 5.94. The zero-order chi connectivity index (χ0) is 25.3. The van der Waals surface area contributed by atoms with Crippen molar-refractivity contribution in [3.05, 3.63) is 17.7 Å². The van der Waals surface area contributed by atoms with Crippen LogP contribution in [0.1, 0.15) is 76.2 Å². The lowest BCUT2D eigenvalue weighted by Crippen LogP contribution is -2.41. The fraction of sp³-hybridized carbons (Fsp3) is 0.667. The van der Waals surface area contributed by atoms with Crippen LogP contribution < -0.4 is 22.1 Å². The first kappa shape index (κ1) is 27.7. The van der Waals surface area contributed by atoms with E-state index in [1.54, 1.807) is 32.4 Å². The first-order valence-corrected chi connectivity index (χ1v) is 10.8. The van der Waals surface area contributed by atoms with E-state index < -0.39 is 35.7 Å². The molecule has 0 aliphatic carbocycles. The first-order valence-electron chi connectivity index (χ1n) is 10.8. The molecule has 0 aliphatic heterocycles. The van der Waals surface area contributed by atoms with Crippen molar-refractivity contribution < 1.29 is 24.2 Å². The van der Waals surface area contributed by atoms with Gasteiger partial charge < -0.3 is 36.5 Å². The fourth-order valence-electron chi connectivity index (χ4n) is 3.06. The highest BCUT2D eigenvalue weighted by Crippen LogP contribution is 2.22. The molecular formula is C21H37N7O5. The van der Waals surface area contributed by atoms with Gasteiger partial charge in [-0.05, 0) is 46.0 Å². The van der Waals surface area contributed by atoms with Gasteiger partial charge in [0.05, 0.1) is 6.04 Å². The van der Waals surface area contributed by atoms with Crippen molar-refractivity contribution in [3.63, 3.8) is 0 Å². The van der Waals surface area contributed by atoms with Crippen molar-refractivity contribution in [2.75, 3.05) is 6.54 Å². The van der Waals surface area contributed by atoms with E-state index in [2.05, 4.69) is 20.6 Å². The van der Waals surface area contributed by atoms with Crippen LogP contribution in [0.2, 0.25) is 0 Å².